The highest BCUT2D eigenvalue weighted by Crippen LogP contribution is 2.32. The van der Waals surface area contributed by atoms with Crippen molar-refractivity contribution < 1.29 is 9.90 Å². The normalized spacial score (nSPS) is 18.3. The Hall–Kier alpha value is -2.18. The third kappa shape index (κ3) is 2.43. The summed E-state index contributed by atoms with van der Waals surface area (Å²) in [6.45, 7) is 0. The summed E-state index contributed by atoms with van der Waals surface area (Å²) in [5.41, 5.74) is -0.241. The Labute approximate surface area is 122 Å². The van der Waals surface area contributed by atoms with Gasteiger partial charge in [0, 0.05) is 7.05 Å². The van der Waals surface area contributed by atoms with Crippen molar-refractivity contribution in [3.8, 4) is 0 Å². The molecule has 0 aliphatic heterocycles. The van der Waals surface area contributed by atoms with E-state index in [9.17, 15) is 9.90 Å². The Morgan fingerprint density at radius 1 is 1.29 bits per heavy atom. The van der Waals surface area contributed by atoms with Gasteiger partial charge in [0.05, 0.1) is 11.6 Å². The quantitative estimate of drug-likeness (QED) is 0.839. The maximum absolute atomic E-state index is 11.8. The highest BCUT2D eigenvalue weighted by molar-refractivity contribution is 5.90. The number of carbonyl (C=O) groups is 1. The van der Waals surface area contributed by atoms with Crippen LogP contribution in [0.5, 0.6) is 0 Å². The largest absolute Gasteiger partial charge is 0.480 e. The number of nitrogens with zero attached hydrogens (tertiary/aromatic N) is 4. The third-order valence-corrected chi connectivity index (χ3v) is 4.25. The summed E-state index contributed by atoms with van der Waals surface area (Å²) in [6, 6.07) is 0. The molecular weight excluding hydrogens is 270 g/mol. The minimum Gasteiger partial charge on any atom is -0.480 e. The lowest BCUT2D eigenvalue weighted by Gasteiger charge is -2.30. The van der Waals surface area contributed by atoms with E-state index in [1.54, 1.807) is 17.9 Å². The minimum absolute atomic E-state index is 0.553. The molecule has 1 saturated carbocycles. The number of fused-ring (bicyclic) bond motifs is 1. The van der Waals surface area contributed by atoms with Crippen molar-refractivity contribution in [2.75, 3.05) is 5.32 Å². The van der Waals surface area contributed by atoms with Crippen molar-refractivity contribution >= 4 is 22.8 Å². The standard InChI is InChI=1S/C14H19N5O2/c1-19-12-10(8-17-19)11(15-9-16-12)18-14(13(20)21)6-4-2-3-5-7-14/h8-9H,2-7H2,1H3,(H,20,21)(H,15,16,18). The van der Waals surface area contributed by atoms with Gasteiger partial charge in [0.25, 0.3) is 0 Å². The number of rotatable bonds is 3. The molecule has 2 aromatic rings. The minimum atomic E-state index is -0.937. The number of aliphatic carboxylic acids is 1. The van der Waals surface area contributed by atoms with Crippen LogP contribution in [0, 0.1) is 0 Å². The average Bonchev–Trinajstić information content (AvgIpc) is 2.71. The summed E-state index contributed by atoms with van der Waals surface area (Å²) in [5, 5.41) is 17.8. The zero-order valence-electron chi connectivity index (χ0n) is 12.0. The topological polar surface area (TPSA) is 92.9 Å². The van der Waals surface area contributed by atoms with Crippen molar-refractivity contribution in [3.05, 3.63) is 12.5 Å². The van der Waals surface area contributed by atoms with E-state index in [2.05, 4.69) is 20.4 Å². The third-order valence-electron chi connectivity index (χ3n) is 4.25. The maximum Gasteiger partial charge on any atom is 0.329 e. The molecule has 0 saturated heterocycles. The van der Waals surface area contributed by atoms with Gasteiger partial charge in [-0.25, -0.2) is 14.8 Å². The Kier molecular flexibility index (Phi) is 3.48. The van der Waals surface area contributed by atoms with Gasteiger partial charge >= 0.3 is 5.97 Å². The van der Waals surface area contributed by atoms with E-state index in [-0.39, 0.29) is 0 Å². The number of aryl methyl sites for hydroxylation is 1. The van der Waals surface area contributed by atoms with E-state index in [1.807, 2.05) is 0 Å². The van der Waals surface area contributed by atoms with Crippen LogP contribution in [0.2, 0.25) is 0 Å². The molecule has 112 valence electrons. The number of carboxylic acid groups (broad SMARTS) is 1. The fraction of sp³-hybridized carbons (Fsp3) is 0.571. The maximum atomic E-state index is 11.8. The van der Waals surface area contributed by atoms with E-state index in [1.165, 1.54) is 6.33 Å². The van der Waals surface area contributed by atoms with Crippen LogP contribution in [-0.4, -0.2) is 36.4 Å². The Morgan fingerprint density at radius 2 is 2.00 bits per heavy atom. The molecule has 0 aromatic carbocycles. The van der Waals surface area contributed by atoms with Gasteiger partial charge in [-0.1, -0.05) is 25.7 Å². The first-order valence-electron chi connectivity index (χ1n) is 7.27. The molecule has 7 heteroatoms. The Balaban J connectivity index is 2.00. The molecule has 2 aromatic heterocycles. The van der Waals surface area contributed by atoms with Crippen LogP contribution >= 0.6 is 0 Å². The first kappa shape index (κ1) is 13.8. The van der Waals surface area contributed by atoms with Gasteiger partial charge < -0.3 is 10.4 Å². The molecule has 0 spiro atoms. The lowest BCUT2D eigenvalue weighted by molar-refractivity contribution is -0.142. The number of nitrogens with one attached hydrogen (secondary N) is 1. The van der Waals surface area contributed by atoms with E-state index in [4.69, 9.17) is 0 Å². The first-order valence-corrected chi connectivity index (χ1v) is 7.27. The highest BCUT2D eigenvalue weighted by atomic mass is 16.4. The lowest BCUT2D eigenvalue weighted by Crippen LogP contribution is -2.46. The van der Waals surface area contributed by atoms with Crippen molar-refractivity contribution in [1.82, 2.24) is 19.7 Å². The predicted octanol–water partition coefficient (Wildman–Crippen LogP) is 1.95. The molecule has 2 heterocycles. The molecule has 0 bridgehead atoms. The van der Waals surface area contributed by atoms with Gasteiger partial charge in [-0.15, -0.1) is 0 Å². The summed E-state index contributed by atoms with van der Waals surface area (Å²) in [6.07, 6.45) is 8.36. The van der Waals surface area contributed by atoms with Crippen LogP contribution in [0.25, 0.3) is 11.0 Å². The fourth-order valence-electron chi connectivity index (χ4n) is 3.01. The molecule has 1 fully saturated rings. The number of anilines is 1. The van der Waals surface area contributed by atoms with E-state index < -0.39 is 11.5 Å². The molecule has 0 unspecified atom stereocenters. The second-order valence-corrected chi connectivity index (χ2v) is 5.65. The van der Waals surface area contributed by atoms with Gasteiger partial charge in [0.1, 0.15) is 17.7 Å². The summed E-state index contributed by atoms with van der Waals surface area (Å²) in [5.74, 6) is -0.252. The molecule has 1 aliphatic rings. The number of aromatic nitrogens is 4. The molecule has 21 heavy (non-hydrogen) atoms. The van der Waals surface area contributed by atoms with Crippen molar-refractivity contribution in [1.29, 1.82) is 0 Å². The Morgan fingerprint density at radius 3 is 2.67 bits per heavy atom. The van der Waals surface area contributed by atoms with Crippen LogP contribution in [0.3, 0.4) is 0 Å². The lowest BCUT2D eigenvalue weighted by atomic mass is 9.90. The first-order chi connectivity index (χ1) is 10.1. The monoisotopic (exact) mass is 289 g/mol. The van der Waals surface area contributed by atoms with Gasteiger partial charge in [-0.2, -0.15) is 5.10 Å². The van der Waals surface area contributed by atoms with Crippen LogP contribution in [0.4, 0.5) is 5.82 Å². The molecule has 7 nitrogen and oxygen atoms in total. The van der Waals surface area contributed by atoms with Crippen molar-refractivity contribution in [3.63, 3.8) is 0 Å². The smallest absolute Gasteiger partial charge is 0.329 e. The van der Waals surface area contributed by atoms with Crippen molar-refractivity contribution in [2.24, 2.45) is 7.05 Å². The van der Waals surface area contributed by atoms with E-state index in [0.29, 0.717) is 24.3 Å². The SMILES string of the molecule is Cn1ncc2c(NC3(C(=O)O)CCCCCC3)ncnc21. The molecular formula is C14H19N5O2. The van der Waals surface area contributed by atoms with Crippen LogP contribution in [0.1, 0.15) is 38.5 Å². The zero-order valence-corrected chi connectivity index (χ0v) is 12.0. The number of carboxylic acids is 1. The van der Waals surface area contributed by atoms with Crippen LogP contribution in [-0.2, 0) is 11.8 Å². The van der Waals surface area contributed by atoms with Crippen LogP contribution < -0.4 is 5.32 Å². The predicted molar refractivity (Wildman–Crippen MR) is 78.0 cm³/mol. The van der Waals surface area contributed by atoms with Crippen molar-refractivity contribution in [2.45, 2.75) is 44.1 Å². The highest BCUT2D eigenvalue weighted by Gasteiger charge is 2.39. The van der Waals surface area contributed by atoms with Gasteiger partial charge in [0.2, 0.25) is 0 Å². The number of hydrogen-bond acceptors (Lipinski definition) is 5. The van der Waals surface area contributed by atoms with E-state index in [0.717, 1.165) is 31.1 Å². The number of hydrogen-bond donors (Lipinski definition) is 2. The molecule has 2 N–H and O–H groups in total. The second-order valence-electron chi connectivity index (χ2n) is 5.65. The summed E-state index contributed by atoms with van der Waals surface area (Å²) in [4.78, 5) is 20.3. The Bertz CT molecular complexity index is 658. The molecule has 0 radical (unpaired) electrons. The van der Waals surface area contributed by atoms with Crippen LogP contribution in [0.15, 0.2) is 12.5 Å². The summed E-state index contributed by atoms with van der Waals surface area (Å²) < 4.78 is 1.66. The second kappa shape index (κ2) is 5.31. The summed E-state index contributed by atoms with van der Waals surface area (Å²) in [7, 11) is 1.80. The van der Waals surface area contributed by atoms with Gasteiger partial charge in [0.15, 0.2) is 5.65 Å². The molecule has 0 amide bonds. The molecule has 3 rings (SSSR count). The molecule has 0 atom stereocenters. The summed E-state index contributed by atoms with van der Waals surface area (Å²) >= 11 is 0. The van der Waals surface area contributed by atoms with E-state index >= 15 is 0 Å². The van der Waals surface area contributed by atoms with Gasteiger partial charge in [-0.05, 0) is 12.8 Å². The van der Waals surface area contributed by atoms with Gasteiger partial charge in [-0.3, -0.25) is 4.68 Å². The molecule has 1 aliphatic carbocycles. The average molecular weight is 289 g/mol. The zero-order chi connectivity index (χ0) is 14.9. The fourth-order valence-corrected chi connectivity index (χ4v) is 3.01.